The number of carboxylic acid groups (broad SMARTS) is 1. The topological polar surface area (TPSA) is 40.5 Å². The molecule has 0 aliphatic rings. The first-order valence-electron chi connectivity index (χ1n) is 6.53. The molecule has 110 valence electrons. The van der Waals surface area contributed by atoms with Crippen molar-refractivity contribution in [2.24, 2.45) is 0 Å². The second-order valence-electron chi connectivity index (χ2n) is 4.60. The van der Waals surface area contributed by atoms with Crippen molar-refractivity contribution in [1.82, 2.24) is 0 Å². The van der Waals surface area contributed by atoms with Crippen LogP contribution in [0, 0.1) is 11.6 Å². The van der Waals surface area contributed by atoms with E-state index < -0.39 is 11.8 Å². The SMILES string of the molecule is CCN(Cc1ccc(C(=O)O)cc1F)c1ccc(F)cc1. The number of hydrogen-bond donors (Lipinski definition) is 1. The molecule has 2 aromatic rings. The summed E-state index contributed by atoms with van der Waals surface area (Å²) in [5, 5.41) is 8.82. The number of rotatable bonds is 5. The summed E-state index contributed by atoms with van der Waals surface area (Å²) in [5.41, 5.74) is 1.09. The number of halogens is 2. The zero-order valence-electron chi connectivity index (χ0n) is 11.5. The van der Waals surface area contributed by atoms with E-state index in [9.17, 15) is 13.6 Å². The maximum atomic E-state index is 13.9. The molecule has 0 fully saturated rings. The Kier molecular flexibility index (Phi) is 4.52. The number of nitrogens with zero attached hydrogens (tertiary/aromatic N) is 1. The van der Waals surface area contributed by atoms with E-state index >= 15 is 0 Å². The molecule has 0 aliphatic heterocycles. The lowest BCUT2D eigenvalue weighted by Gasteiger charge is -2.23. The van der Waals surface area contributed by atoms with Crippen molar-refractivity contribution in [3.05, 3.63) is 65.2 Å². The molecule has 0 saturated carbocycles. The van der Waals surface area contributed by atoms with Gasteiger partial charge < -0.3 is 10.0 Å². The van der Waals surface area contributed by atoms with Gasteiger partial charge in [-0.25, -0.2) is 13.6 Å². The lowest BCUT2D eigenvalue weighted by molar-refractivity contribution is 0.0696. The van der Waals surface area contributed by atoms with Crippen molar-refractivity contribution in [1.29, 1.82) is 0 Å². The number of carbonyl (C=O) groups is 1. The first-order chi connectivity index (χ1) is 10.0. The van der Waals surface area contributed by atoms with Crippen LogP contribution in [0.25, 0.3) is 0 Å². The second-order valence-corrected chi connectivity index (χ2v) is 4.60. The molecule has 0 saturated heterocycles. The molecule has 0 heterocycles. The van der Waals surface area contributed by atoms with Gasteiger partial charge in [0.1, 0.15) is 11.6 Å². The third kappa shape index (κ3) is 3.56. The minimum atomic E-state index is -1.16. The standard InChI is InChI=1S/C16H15F2NO2/c1-2-19(14-7-5-13(17)6-8-14)10-12-4-3-11(16(20)21)9-15(12)18/h3-9H,2,10H2,1H3,(H,20,21). The fraction of sp³-hybridized carbons (Fsp3) is 0.188. The van der Waals surface area contributed by atoms with Crippen LogP contribution in [-0.2, 0) is 6.54 Å². The molecule has 1 N–H and O–H groups in total. The second kappa shape index (κ2) is 6.35. The van der Waals surface area contributed by atoms with Gasteiger partial charge in [-0.3, -0.25) is 0 Å². The van der Waals surface area contributed by atoms with Gasteiger partial charge in [-0.15, -0.1) is 0 Å². The molecule has 2 aromatic carbocycles. The van der Waals surface area contributed by atoms with Crippen molar-refractivity contribution in [2.75, 3.05) is 11.4 Å². The third-order valence-electron chi connectivity index (χ3n) is 3.23. The highest BCUT2D eigenvalue weighted by Crippen LogP contribution is 2.19. The van der Waals surface area contributed by atoms with Crippen molar-refractivity contribution in [3.8, 4) is 0 Å². The van der Waals surface area contributed by atoms with E-state index in [4.69, 9.17) is 5.11 Å². The van der Waals surface area contributed by atoms with Crippen LogP contribution in [0.3, 0.4) is 0 Å². The summed E-state index contributed by atoms with van der Waals surface area (Å²) < 4.78 is 26.9. The Bertz CT molecular complexity index is 641. The van der Waals surface area contributed by atoms with E-state index in [0.29, 0.717) is 12.1 Å². The highest BCUT2D eigenvalue weighted by molar-refractivity contribution is 5.87. The highest BCUT2D eigenvalue weighted by atomic mass is 19.1. The summed E-state index contributed by atoms with van der Waals surface area (Å²) in [6.45, 7) is 2.81. The van der Waals surface area contributed by atoms with Gasteiger partial charge in [-0.05, 0) is 43.3 Å². The van der Waals surface area contributed by atoms with Crippen LogP contribution < -0.4 is 4.90 Å². The lowest BCUT2D eigenvalue weighted by Crippen LogP contribution is -2.22. The number of aromatic carboxylic acids is 1. The molecular weight excluding hydrogens is 276 g/mol. The predicted molar refractivity (Wildman–Crippen MR) is 76.5 cm³/mol. The van der Waals surface area contributed by atoms with E-state index in [1.165, 1.54) is 24.3 Å². The van der Waals surface area contributed by atoms with E-state index in [2.05, 4.69) is 0 Å². The van der Waals surface area contributed by atoms with Crippen LogP contribution in [0.15, 0.2) is 42.5 Å². The molecule has 0 bridgehead atoms. The number of carboxylic acids is 1. The minimum Gasteiger partial charge on any atom is -0.478 e. The Balaban J connectivity index is 2.22. The van der Waals surface area contributed by atoms with Crippen LogP contribution in [0.5, 0.6) is 0 Å². The van der Waals surface area contributed by atoms with Crippen molar-refractivity contribution < 1.29 is 18.7 Å². The van der Waals surface area contributed by atoms with Crippen molar-refractivity contribution in [3.63, 3.8) is 0 Å². The third-order valence-corrected chi connectivity index (χ3v) is 3.23. The fourth-order valence-electron chi connectivity index (χ4n) is 2.05. The first kappa shape index (κ1) is 15.0. The maximum absolute atomic E-state index is 13.9. The van der Waals surface area contributed by atoms with E-state index in [1.807, 2.05) is 11.8 Å². The molecule has 3 nitrogen and oxygen atoms in total. The van der Waals surface area contributed by atoms with Crippen LogP contribution in [0.4, 0.5) is 14.5 Å². The van der Waals surface area contributed by atoms with Gasteiger partial charge in [-0.2, -0.15) is 0 Å². The number of hydrogen-bond acceptors (Lipinski definition) is 2. The van der Waals surface area contributed by atoms with E-state index in [1.54, 1.807) is 12.1 Å². The summed E-state index contributed by atoms with van der Waals surface area (Å²) >= 11 is 0. The molecule has 2 rings (SSSR count). The first-order valence-corrected chi connectivity index (χ1v) is 6.53. The molecule has 5 heteroatoms. The molecule has 0 spiro atoms. The van der Waals surface area contributed by atoms with Gasteiger partial charge >= 0.3 is 5.97 Å². The molecule has 0 aliphatic carbocycles. The average molecular weight is 291 g/mol. The van der Waals surface area contributed by atoms with E-state index in [-0.39, 0.29) is 17.9 Å². The molecule has 21 heavy (non-hydrogen) atoms. The average Bonchev–Trinajstić information content (AvgIpc) is 2.47. The largest absolute Gasteiger partial charge is 0.478 e. The highest BCUT2D eigenvalue weighted by Gasteiger charge is 2.12. The van der Waals surface area contributed by atoms with Gasteiger partial charge in [0, 0.05) is 24.3 Å². The molecule has 0 aromatic heterocycles. The summed E-state index contributed by atoms with van der Waals surface area (Å²) in [7, 11) is 0. The van der Waals surface area contributed by atoms with Gasteiger partial charge in [0.05, 0.1) is 5.56 Å². The Morgan fingerprint density at radius 3 is 2.33 bits per heavy atom. The summed E-state index contributed by atoms with van der Waals surface area (Å²) in [4.78, 5) is 12.7. The van der Waals surface area contributed by atoms with Gasteiger partial charge in [0.25, 0.3) is 0 Å². The number of anilines is 1. The smallest absolute Gasteiger partial charge is 0.335 e. The molecule has 0 amide bonds. The van der Waals surface area contributed by atoms with Crippen LogP contribution in [0.2, 0.25) is 0 Å². The zero-order chi connectivity index (χ0) is 15.4. The fourth-order valence-corrected chi connectivity index (χ4v) is 2.05. The lowest BCUT2D eigenvalue weighted by atomic mass is 10.1. The van der Waals surface area contributed by atoms with Crippen LogP contribution in [0.1, 0.15) is 22.8 Å². The van der Waals surface area contributed by atoms with Gasteiger partial charge in [0.15, 0.2) is 0 Å². The van der Waals surface area contributed by atoms with Crippen LogP contribution in [-0.4, -0.2) is 17.6 Å². The molecule has 0 radical (unpaired) electrons. The van der Waals surface area contributed by atoms with Crippen LogP contribution >= 0.6 is 0 Å². The summed E-state index contributed by atoms with van der Waals surface area (Å²) in [6.07, 6.45) is 0. The zero-order valence-corrected chi connectivity index (χ0v) is 11.5. The summed E-state index contributed by atoms with van der Waals surface area (Å²) in [6, 6.07) is 9.80. The monoisotopic (exact) mass is 291 g/mol. The summed E-state index contributed by atoms with van der Waals surface area (Å²) in [5.74, 6) is -2.05. The Morgan fingerprint density at radius 2 is 1.81 bits per heavy atom. The van der Waals surface area contributed by atoms with Crippen molar-refractivity contribution in [2.45, 2.75) is 13.5 Å². The van der Waals surface area contributed by atoms with Gasteiger partial charge in [0.2, 0.25) is 0 Å². The molecular formula is C16H15F2NO2. The van der Waals surface area contributed by atoms with Crippen molar-refractivity contribution >= 4 is 11.7 Å². The molecule has 0 atom stereocenters. The quantitative estimate of drug-likeness (QED) is 0.913. The molecule has 0 unspecified atom stereocenters. The normalized spacial score (nSPS) is 10.4. The Hall–Kier alpha value is -2.43. The maximum Gasteiger partial charge on any atom is 0.335 e. The Labute approximate surface area is 121 Å². The number of benzene rings is 2. The minimum absolute atomic E-state index is 0.0823. The Morgan fingerprint density at radius 1 is 1.14 bits per heavy atom. The van der Waals surface area contributed by atoms with E-state index in [0.717, 1.165) is 11.8 Å². The predicted octanol–water partition coefficient (Wildman–Crippen LogP) is 3.69. The van der Waals surface area contributed by atoms with Gasteiger partial charge in [-0.1, -0.05) is 6.07 Å².